The van der Waals surface area contributed by atoms with Gasteiger partial charge in [-0.05, 0) is 0 Å². The van der Waals surface area contributed by atoms with E-state index in [1.807, 2.05) is 0 Å². The molecule has 8 nitrogen and oxygen atoms in total. The van der Waals surface area contributed by atoms with Crippen LogP contribution in [0.4, 0.5) is 16.4 Å². The van der Waals surface area contributed by atoms with Gasteiger partial charge in [-0.3, -0.25) is 16.4 Å². The van der Waals surface area contributed by atoms with E-state index < -0.39 is 37.0 Å². The summed E-state index contributed by atoms with van der Waals surface area (Å²) in [5.74, 6) is 0. The minimum Gasteiger partial charge on any atom is -0.560 e. The molecule has 0 radical (unpaired) electrons. The zero-order chi connectivity index (χ0) is 14.3. The van der Waals surface area contributed by atoms with Crippen LogP contribution in [0, 0.1) is 0 Å². The fraction of sp³-hybridized carbons (Fsp3) is 0. The molecule has 0 rings (SSSR count). The van der Waals surface area contributed by atoms with Crippen molar-refractivity contribution in [1.29, 1.82) is 0 Å². The number of hydrogen-bond acceptors (Lipinski definition) is 8. The molecule has 0 aromatic heterocycles. The third kappa shape index (κ3) is 390. The third-order valence-corrected chi connectivity index (χ3v) is 0. The van der Waals surface area contributed by atoms with Gasteiger partial charge in [0.25, 0.3) is 0 Å². The van der Waals surface area contributed by atoms with E-state index in [0.29, 0.717) is 0 Å². The van der Waals surface area contributed by atoms with Crippen LogP contribution in [0.25, 0.3) is 0 Å². The molecule has 0 atom stereocenters. The van der Waals surface area contributed by atoms with Crippen molar-refractivity contribution in [3.63, 3.8) is 0 Å². The monoisotopic (exact) mass is 472 g/mol. The van der Waals surface area contributed by atoms with Crippen LogP contribution in [0.2, 0.25) is 0 Å². The molecule has 0 N–H and O–H groups in total. The molecule has 0 aromatic rings. The SMILES string of the molecule is O=[Si]([O-])F.O=[Si]([O-])F.O=[Si]([O-])F.O=[Si]([O-])F.[K+].[K+].[K+].[K+]. The number of halogens is 4. The van der Waals surface area contributed by atoms with Gasteiger partial charge in [0.15, 0.2) is 0 Å². The first kappa shape index (κ1) is 50.0. The maximum absolute atomic E-state index is 9.99. The van der Waals surface area contributed by atoms with Gasteiger partial charge in [-0.1, -0.05) is 0 Å². The van der Waals surface area contributed by atoms with Gasteiger partial charge in [-0.2, -0.15) is 0 Å². The Morgan fingerprint density at radius 1 is 0.450 bits per heavy atom. The van der Waals surface area contributed by atoms with E-state index in [1.165, 1.54) is 0 Å². The summed E-state index contributed by atoms with van der Waals surface area (Å²) in [5, 5.41) is 0. The molecule has 0 saturated carbocycles. The van der Waals surface area contributed by atoms with E-state index in [2.05, 4.69) is 0 Å². The van der Waals surface area contributed by atoms with Crippen LogP contribution in [0.15, 0.2) is 0 Å². The van der Waals surface area contributed by atoms with Crippen LogP contribution in [0.1, 0.15) is 0 Å². The Balaban J connectivity index is -0.0000000150. The molecule has 20 heteroatoms. The Labute approximate surface area is 287 Å². The van der Waals surface area contributed by atoms with Crippen molar-refractivity contribution in [1.82, 2.24) is 0 Å². The van der Waals surface area contributed by atoms with Gasteiger partial charge in [-0.15, -0.1) is 0 Å². The first-order valence-corrected chi connectivity index (χ1v) is 7.17. The normalized spacial score (nSPS) is 5.00. The third-order valence-electron chi connectivity index (χ3n) is 0. The molecular weight excluding hydrogens is 473 g/mol. The van der Waals surface area contributed by atoms with Crippen molar-refractivity contribution in [3.8, 4) is 0 Å². The maximum Gasteiger partial charge on any atom is 1.00 e. The fourth-order valence-electron chi connectivity index (χ4n) is 0. The second kappa shape index (κ2) is 44.2. The molecule has 0 fully saturated rings. The van der Waals surface area contributed by atoms with Crippen molar-refractivity contribution in [3.05, 3.63) is 0 Å². The Hall–Kier alpha value is 5.53. The van der Waals surface area contributed by atoms with E-state index in [-0.39, 0.29) is 206 Å². The van der Waals surface area contributed by atoms with Crippen molar-refractivity contribution in [2.45, 2.75) is 0 Å². The van der Waals surface area contributed by atoms with E-state index in [0.717, 1.165) is 0 Å². The summed E-state index contributed by atoms with van der Waals surface area (Å²) < 4.78 is 73.6. The van der Waals surface area contributed by atoms with Crippen molar-refractivity contribution in [2.24, 2.45) is 0 Å². The molecule has 0 aliphatic rings. The van der Waals surface area contributed by atoms with Crippen LogP contribution < -0.4 is 225 Å². The fourth-order valence-corrected chi connectivity index (χ4v) is 0. The van der Waals surface area contributed by atoms with Gasteiger partial charge >= 0.3 is 243 Å². The predicted molar refractivity (Wildman–Crippen MR) is 30.2 cm³/mol. The standard InChI is InChI=1S/4FO2Si.4K/c4*1-4(2)3;;;;/q4*-1;4*+1. The van der Waals surface area contributed by atoms with Crippen molar-refractivity contribution in [2.75, 3.05) is 0 Å². The molecular formula is F4K4O8Si4. The topological polar surface area (TPSA) is 161 Å². The summed E-state index contributed by atoms with van der Waals surface area (Å²) in [5.41, 5.74) is 0. The maximum atomic E-state index is 9.99. The molecule has 0 aliphatic carbocycles. The van der Waals surface area contributed by atoms with Gasteiger partial charge in [0.2, 0.25) is 0 Å². The Kier molecular flexibility index (Phi) is 110. The largest absolute Gasteiger partial charge is 1.00 e. The van der Waals surface area contributed by atoms with Gasteiger partial charge in [0.1, 0.15) is 0 Å². The van der Waals surface area contributed by atoms with Gasteiger partial charge < -0.3 is 37.0 Å². The van der Waals surface area contributed by atoms with Crippen LogP contribution in [-0.2, 0) is 17.8 Å². The van der Waals surface area contributed by atoms with Gasteiger partial charge in [-0.25, -0.2) is 0 Å². The summed E-state index contributed by atoms with van der Waals surface area (Å²) >= 11 is 0. The predicted octanol–water partition coefficient (Wildman–Crippen LogP) is -17.1. The summed E-state index contributed by atoms with van der Waals surface area (Å²) in [4.78, 5) is 33.6. The molecule has 0 amide bonds. The van der Waals surface area contributed by atoms with E-state index in [9.17, 15) is 16.4 Å². The minimum absolute atomic E-state index is 0. The molecule has 0 aromatic carbocycles. The quantitative estimate of drug-likeness (QED) is 0.191. The zero-order valence-electron chi connectivity index (χ0n) is 10.8. The molecule has 0 heterocycles. The molecule has 0 unspecified atom stereocenters. The molecule has 0 saturated heterocycles. The molecule has 20 heavy (non-hydrogen) atoms. The van der Waals surface area contributed by atoms with Gasteiger partial charge in [0, 0.05) is 0 Å². The average molecular weight is 473 g/mol. The van der Waals surface area contributed by atoms with Crippen LogP contribution >= 0.6 is 0 Å². The van der Waals surface area contributed by atoms with E-state index in [1.54, 1.807) is 0 Å². The van der Waals surface area contributed by atoms with E-state index in [4.69, 9.17) is 37.0 Å². The first-order chi connectivity index (χ1) is 6.93. The summed E-state index contributed by atoms with van der Waals surface area (Å²) in [7, 11) is -15.5. The number of rotatable bonds is 0. The van der Waals surface area contributed by atoms with Crippen molar-refractivity contribution < 1.29 is 259 Å². The molecule has 0 aliphatic heterocycles. The van der Waals surface area contributed by atoms with Crippen LogP contribution in [0.3, 0.4) is 0 Å². The smallest absolute Gasteiger partial charge is 0.560 e. The number of hydrogen-bond donors (Lipinski definition) is 0. The second-order valence-electron chi connectivity index (χ2n) is 0.951. The summed E-state index contributed by atoms with van der Waals surface area (Å²) in [6, 6.07) is 0. The van der Waals surface area contributed by atoms with E-state index >= 15 is 0 Å². The Morgan fingerprint density at radius 3 is 0.450 bits per heavy atom. The van der Waals surface area contributed by atoms with Crippen molar-refractivity contribution >= 4 is 37.0 Å². The van der Waals surface area contributed by atoms with Crippen LogP contribution in [0.5, 0.6) is 0 Å². The molecule has 0 spiro atoms. The summed E-state index contributed by atoms with van der Waals surface area (Å²) in [6.45, 7) is 0. The Morgan fingerprint density at radius 2 is 0.450 bits per heavy atom. The minimum atomic E-state index is -3.88. The first-order valence-electron chi connectivity index (χ1n) is 2.39. The second-order valence-corrected chi connectivity index (χ2v) is 2.85. The summed E-state index contributed by atoms with van der Waals surface area (Å²) in [6.07, 6.45) is 0. The zero-order valence-corrected chi connectivity index (χ0v) is 27.3. The van der Waals surface area contributed by atoms with Crippen LogP contribution in [-0.4, -0.2) is 37.0 Å². The van der Waals surface area contributed by atoms with Gasteiger partial charge in [0.05, 0.1) is 0 Å². The molecule has 0 bridgehead atoms. The molecule has 96 valence electrons. The Bertz CT molecular complexity index is 179. The average Bonchev–Trinajstić information content (AvgIpc) is 1.76.